The van der Waals surface area contributed by atoms with E-state index >= 15 is 0 Å². The molecule has 3 heterocycles. The smallest absolute Gasteiger partial charge is 0.263 e. The van der Waals surface area contributed by atoms with E-state index in [1.54, 1.807) is 34.8 Å². The molecule has 0 N–H and O–H groups in total. The third-order valence-electron chi connectivity index (χ3n) is 6.52. The summed E-state index contributed by atoms with van der Waals surface area (Å²) in [4.78, 5) is 35.1. The zero-order chi connectivity index (χ0) is 22.8. The van der Waals surface area contributed by atoms with E-state index in [1.165, 1.54) is 16.9 Å². The average molecular weight is 484 g/mol. The number of hydrogen-bond acceptors (Lipinski definition) is 6. The number of hydrogen-bond donors (Lipinski definition) is 0. The number of thioether (sulfide) groups is 1. The number of fused-ring (bicyclic) bond motifs is 3. The number of ether oxygens (including phenoxy) is 1. The molecule has 2 aliphatic rings. The van der Waals surface area contributed by atoms with Crippen LogP contribution in [0.5, 0.6) is 0 Å². The first-order valence-corrected chi connectivity index (χ1v) is 13.5. The Morgan fingerprint density at radius 1 is 1.12 bits per heavy atom. The van der Waals surface area contributed by atoms with E-state index < -0.39 is 0 Å². The molecule has 1 saturated heterocycles. The molecule has 0 atom stereocenters. The van der Waals surface area contributed by atoms with Crippen LogP contribution in [0.3, 0.4) is 0 Å². The standard InChI is InChI=1S/C25H29N3O3S2/c1-31-15-14-28-24(30)21-19-6-2-3-7-20(19)33-22(21)26-25(28)32-16-17-8-10-18(11-9-17)23(29)27-12-4-5-13-27/h8-11H,2-7,12-16H2,1H3. The molecule has 0 unspecified atom stereocenters. The van der Waals surface area contributed by atoms with E-state index in [-0.39, 0.29) is 11.5 Å². The van der Waals surface area contributed by atoms with Crippen molar-refractivity contribution >= 4 is 39.2 Å². The number of aryl methyl sites for hydroxylation is 2. The summed E-state index contributed by atoms with van der Waals surface area (Å²) in [5, 5.41) is 1.56. The molecule has 1 aliphatic carbocycles. The predicted octanol–water partition coefficient (Wildman–Crippen LogP) is 4.51. The van der Waals surface area contributed by atoms with Crippen LogP contribution in [-0.2, 0) is 29.9 Å². The highest BCUT2D eigenvalue weighted by Crippen LogP contribution is 2.35. The minimum atomic E-state index is 0.0607. The maximum absolute atomic E-state index is 13.5. The number of nitrogens with zero attached hydrogens (tertiary/aromatic N) is 3. The van der Waals surface area contributed by atoms with E-state index in [2.05, 4.69) is 0 Å². The number of carbonyl (C=O) groups is 1. The molecule has 1 amide bonds. The Bertz CT molecular complexity index is 1210. The van der Waals surface area contributed by atoms with Crippen LogP contribution in [0.25, 0.3) is 10.2 Å². The Labute approximate surface area is 202 Å². The first-order chi connectivity index (χ1) is 16.2. The molecule has 174 valence electrons. The number of thiophene rings is 1. The van der Waals surface area contributed by atoms with Gasteiger partial charge in [-0.15, -0.1) is 11.3 Å². The number of carbonyl (C=O) groups excluding carboxylic acids is 1. The summed E-state index contributed by atoms with van der Waals surface area (Å²) in [6.07, 6.45) is 6.55. The number of rotatable bonds is 7. The fourth-order valence-electron chi connectivity index (χ4n) is 4.70. The highest BCUT2D eigenvalue weighted by Gasteiger charge is 2.22. The van der Waals surface area contributed by atoms with Crippen LogP contribution >= 0.6 is 23.1 Å². The van der Waals surface area contributed by atoms with Crippen LogP contribution in [0.1, 0.15) is 52.0 Å². The molecule has 33 heavy (non-hydrogen) atoms. The first kappa shape index (κ1) is 22.6. The molecule has 0 spiro atoms. The zero-order valence-corrected chi connectivity index (χ0v) is 20.6. The van der Waals surface area contributed by atoms with E-state index in [4.69, 9.17) is 9.72 Å². The van der Waals surface area contributed by atoms with Crippen molar-refractivity contribution in [2.75, 3.05) is 26.8 Å². The lowest BCUT2D eigenvalue weighted by molar-refractivity contribution is 0.0793. The highest BCUT2D eigenvalue weighted by molar-refractivity contribution is 7.98. The third-order valence-corrected chi connectivity index (χ3v) is 8.75. The molecule has 5 rings (SSSR count). The van der Waals surface area contributed by atoms with Gasteiger partial charge in [0.15, 0.2) is 5.16 Å². The van der Waals surface area contributed by atoms with Gasteiger partial charge in [-0.25, -0.2) is 4.98 Å². The molecule has 0 radical (unpaired) electrons. The van der Waals surface area contributed by atoms with Crippen molar-refractivity contribution in [3.63, 3.8) is 0 Å². The summed E-state index contributed by atoms with van der Waals surface area (Å²) in [7, 11) is 1.65. The van der Waals surface area contributed by atoms with Crippen LogP contribution in [0.4, 0.5) is 0 Å². The van der Waals surface area contributed by atoms with Crippen molar-refractivity contribution in [2.45, 2.75) is 56.0 Å². The topological polar surface area (TPSA) is 64.4 Å². The molecule has 1 aromatic carbocycles. The molecular weight excluding hydrogens is 454 g/mol. The summed E-state index contributed by atoms with van der Waals surface area (Å²) >= 11 is 3.26. The molecular formula is C25H29N3O3S2. The second-order valence-corrected chi connectivity index (χ2v) is 10.7. The van der Waals surface area contributed by atoms with Gasteiger partial charge in [-0.2, -0.15) is 0 Å². The lowest BCUT2D eigenvalue weighted by Gasteiger charge is -2.15. The van der Waals surface area contributed by atoms with Gasteiger partial charge >= 0.3 is 0 Å². The van der Waals surface area contributed by atoms with Crippen molar-refractivity contribution in [1.29, 1.82) is 0 Å². The van der Waals surface area contributed by atoms with Gasteiger partial charge in [0, 0.05) is 36.4 Å². The zero-order valence-electron chi connectivity index (χ0n) is 19.0. The Kier molecular flexibility index (Phi) is 6.85. The number of likely N-dealkylation sites (tertiary alicyclic amines) is 1. The summed E-state index contributed by atoms with van der Waals surface area (Å²) in [5.41, 5.74) is 3.13. The maximum atomic E-state index is 13.5. The van der Waals surface area contributed by atoms with Crippen LogP contribution in [-0.4, -0.2) is 47.2 Å². The van der Waals surface area contributed by atoms with Crippen LogP contribution in [0, 0.1) is 0 Å². The van der Waals surface area contributed by atoms with Gasteiger partial charge in [-0.1, -0.05) is 23.9 Å². The summed E-state index contributed by atoms with van der Waals surface area (Å²) < 4.78 is 7.05. The molecule has 0 saturated carbocycles. The molecule has 3 aromatic rings. The Hall–Kier alpha value is -2.16. The SMILES string of the molecule is COCCn1c(SCc2ccc(C(=O)N3CCCC3)cc2)nc2sc3c(c2c1=O)CCCC3. The Balaban J connectivity index is 1.38. The number of methoxy groups -OCH3 is 1. The van der Waals surface area contributed by atoms with Crippen LogP contribution < -0.4 is 5.56 Å². The van der Waals surface area contributed by atoms with Crippen molar-refractivity contribution in [3.8, 4) is 0 Å². The fraction of sp³-hybridized carbons (Fsp3) is 0.480. The van der Waals surface area contributed by atoms with Crippen molar-refractivity contribution < 1.29 is 9.53 Å². The maximum Gasteiger partial charge on any atom is 0.263 e. The largest absolute Gasteiger partial charge is 0.383 e. The van der Waals surface area contributed by atoms with Gasteiger partial charge in [-0.05, 0) is 61.8 Å². The second-order valence-electron chi connectivity index (χ2n) is 8.72. The fourth-order valence-corrected chi connectivity index (χ4v) is 6.99. The summed E-state index contributed by atoms with van der Waals surface area (Å²) in [5.74, 6) is 0.808. The molecule has 0 bridgehead atoms. The summed E-state index contributed by atoms with van der Waals surface area (Å²) in [6.45, 7) is 2.68. The van der Waals surface area contributed by atoms with E-state index in [0.717, 1.165) is 71.7 Å². The lowest BCUT2D eigenvalue weighted by atomic mass is 9.97. The normalized spacial score (nSPS) is 15.8. The second kappa shape index (κ2) is 9.99. The number of benzene rings is 1. The van der Waals surface area contributed by atoms with Gasteiger partial charge < -0.3 is 9.64 Å². The van der Waals surface area contributed by atoms with Gasteiger partial charge in [0.1, 0.15) is 4.83 Å². The molecule has 1 aliphatic heterocycles. The monoisotopic (exact) mass is 483 g/mol. The highest BCUT2D eigenvalue weighted by atomic mass is 32.2. The molecule has 8 heteroatoms. The average Bonchev–Trinajstić information content (AvgIpc) is 3.50. The quantitative estimate of drug-likeness (QED) is 0.365. The lowest BCUT2D eigenvalue weighted by Crippen LogP contribution is -2.27. The van der Waals surface area contributed by atoms with E-state index in [1.807, 2.05) is 29.2 Å². The number of aromatic nitrogens is 2. The minimum absolute atomic E-state index is 0.0607. The Morgan fingerprint density at radius 3 is 2.64 bits per heavy atom. The van der Waals surface area contributed by atoms with E-state index in [0.29, 0.717) is 18.9 Å². The summed E-state index contributed by atoms with van der Waals surface area (Å²) in [6, 6.07) is 7.85. The van der Waals surface area contributed by atoms with Gasteiger partial charge in [-0.3, -0.25) is 14.2 Å². The molecule has 2 aromatic heterocycles. The van der Waals surface area contributed by atoms with Crippen molar-refractivity contribution in [3.05, 3.63) is 56.2 Å². The van der Waals surface area contributed by atoms with Gasteiger partial charge in [0.25, 0.3) is 11.5 Å². The van der Waals surface area contributed by atoms with Crippen molar-refractivity contribution in [1.82, 2.24) is 14.5 Å². The number of amides is 1. The third kappa shape index (κ3) is 4.61. The first-order valence-electron chi connectivity index (χ1n) is 11.7. The molecule has 1 fully saturated rings. The Morgan fingerprint density at radius 2 is 1.88 bits per heavy atom. The van der Waals surface area contributed by atoms with Crippen molar-refractivity contribution in [2.24, 2.45) is 0 Å². The van der Waals surface area contributed by atoms with Gasteiger partial charge in [0.05, 0.1) is 18.5 Å². The predicted molar refractivity (Wildman–Crippen MR) is 134 cm³/mol. The molecule has 6 nitrogen and oxygen atoms in total. The van der Waals surface area contributed by atoms with Gasteiger partial charge in [0.2, 0.25) is 0 Å². The van der Waals surface area contributed by atoms with E-state index in [9.17, 15) is 9.59 Å². The minimum Gasteiger partial charge on any atom is -0.383 e. The van der Waals surface area contributed by atoms with Crippen LogP contribution in [0.2, 0.25) is 0 Å². The van der Waals surface area contributed by atoms with Crippen LogP contribution in [0.15, 0.2) is 34.2 Å².